The van der Waals surface area contributed by atoms with E-state index in [-0.39, 0.29) is 0 Å². The number of rotatable bonds is 0. The van der Waals surface area contributed by atoms with Crippen LogP contribution in [0, 0.1) is 0 Å². The van der Waals surface area contributed by atoms with Crippen molar-refractivity contribution in [1.29, 1.82) is 0 Å². The van der Waals surface area contributed by atoms with Gasteiger partial charge in [0.1, 0.15) is 11.7 Å². The zero-order valence-corrected chi connectivity index (χ0v) is 10.2. The lowest BCUT2D eigenvalue weighted by molar-refractivity contribution is -0.509. The van der Waals surface area contributed by atoms with E-state index in [0.29, 0.717) is 0 Å². The number of fused-ring (bicyclic) bond motifs is 7. The molecule has 0 bridgehead atoms. The van der Waals surface area contributed by atoms with Crippen molar-refractivity contribution < 1.29 is 4.40 Å². The summed E-state index contributed by atoms with van der Waals surface area (Å²) in [6, 6.07) is 10.6. The Bertz CT molecular complexity index is 945. The largest absolute Gasteiger partial charge is 0.279 e. The molecule has 1 aliphatic heterocycles. The van der Waals surface area contributed by atoms with Crippen LogP contribution in [0.3, 0.4) is 0 Å². The Kier molecular flexibility index (Phi) is 1.49. The summed E-state index contributed by atoms with van der Waals surface area (Å²) in [6.07, 6.45) is 8.02. The first-order valence-electron chi connectivity index (χ1n) is 6.35. The molecular weight excluding hydrogens is 236 g/mol. The van der Waals surface area contributed by atoms with Gasteiger partial charge in [-0.15, -0.1) is 0 Å². The van der Waals surface area contributed by atoms with Crippen LogP contribution in [0.1, 0.15) is 5.56 Å². The SMILES string of the molecule is c1ccc2c(c1)Cn1c[n+]3cc4ccncn4c3c1-2. The first-order valence-corrected chi connectivity index (χ1v) is 6.35. The summed E-state index contributed by atoms with van der Waals surface area (Å²) in [5, 5.41) is 0. The van der Waals surface area contributed by atoms with Crippen LogP contribution >= 0.6 is 0 Å². The Balaban J connectivity index is 2.00. The third-order valence-corrected chi connectivity index (χ3v) is 3.91. The van der Waals surface area contributed by atoms with E-state index in [1.807, 2.05) is 18.6 Å². The lowest BCUT2D eigenvalue weighted by Crippen LogP contribution is -2.15. The first kappa shape index (κ1) is 9.33. The minimum absolute atomic E-state index is 0.954. The number of benzene rings is 1. The maximum absolute atomic E-state index is 4.24. The van der Waals surface area contributed by atoms with Crippen LogP contribution in [0.15, 0.2) is 55.4 Å². The molecule has 0 N–H and O–H groups in total. The zero-order valence-electron chi connectivity index (χ0n) is 10.2. The highest BCUT2D eigenvalue weighted by Crippen LogP contribution is 2.33. The molecular formula is C15H11N4+. The van der Waals surface area contributed by atoms with Gasteiger partial charge in [-0.25, -0.2) is 13.8 Å². The summed E-state index contributed by atoms with van der Waals surface area (Å²) in [5.74, 6) is 0. The number of aromatic nitrogens is 4. The fourth-order valence-electron chi connectivity index (χ4n) is 3.11. The Morgan fingerprint density at radius 2 is 2.11 bits per heavy atom. The van der Waals surface area contributed by atoms with Crippen molar-refractivity contribution >= 4 is 11.2 Å². The quantitative estimate of drug-likeness (QED) is 0.384. The molecule has 0 fully saturated rings. The molecule has 4 aromatic rings. The fraction of sp³-hybridized carbons (Fsp3) is 0.0667. The molecule has 0 spiro atoms. The summed E-state index contributed by atoms with van der Waals surface area (Å²) in [7, 11) is 0. The van der Waals surface area contributed by atoms with Gasteiger partial charge in [0, 0.05) is 11.8 Å². The highest BCUT2D eigenvalue weighted by Gasteiger charge is 2.29. The molecule has 0 atom stereocenters. The van der Waals surface area contributed by atoms with Crippen LogP contribution in [0.25, 0.3) is 22.4 Å². The van der Waals surface area contributed by atoms with Gasteiger partial charge in [0.05, 0.1) is 6.54 Å². The molecule has 19 heavy (non-hydrogen) atoms. The second kappa shape index (κ2) is 3.03. The lowest BCUT2D eigenvalue weighted by Gasteiger charge is -1.94. The summed E-state index contributed by atoms with van der Waals surface area (Å²) in [4.78, 5) is 4.24. The van der Waals surface area contributed by atoms with Crippen LogP contribution in [0.4, 0.5) is 0 Å². The van der Waals surface area contributed by atoms with Crippen LogP contribution in [-0.4, -0.2) is 14.0 Å². The number of hydrogen-bond donors (Lipinski definition) is 0. The highest BCUT2D eigenvalue weighted by atomic mass is 15.2. The lowest BCUT2D eigenvalue weighted by atomic mass is 10.1. The van der Waals surface area contributed by atoms with E-state index in [2.05, 4.69) is 55.1 Å². The Hall–Kier alpha value is -2.62. The minimum Gasteiger partial charge on any atom is -0.255 e. The number of hydrogen-bond acceptors (Lipinski definition) is 1. The van der Waals surface area contributed by atoms with Gasteiger partial charge >= 0.3 is 0 Å². The van der Waals surface area contributed by atoms with Crippen molar-refractivity contribution in [3.05, 3.63) is 60.9 Å². The second-order valence-electron chi connectivity index (χ2n) is 4.98. The third kappa shape index (κ3) is 1.04. The van der Waals surface area contributed by atoms with Crippen LogP contribution in [0.5, 0.6) is 0 Å². The molecule has 0 saturated heterocycles. The molecule has 1 aromatic carbocycles. The monoisotopic (exact) mass is 247 g/mol. The van der Waals surface area contributed by atoms with Crippen LogP contribution in [-0.2, 0) is 6.54 Å². The van der Waals surface area contributed by atoms with Crippen molar-refractivity contribution in [2.45, 2.75) is 6.54 Å². The average Bonchev–Trinajstić information content (AvgIpc) is 3.04. The van der Waals surface area contributed by atoms with Gasteiger partial charge in [-0.2, -0.15) is 0 Å². The number of imidazole rings is 2. The fourth-order valence-corrected chi connectivity index (χ4v) is 3.11. The van der Waals surface area contributed by atoms with Gasteiger partial charge in [0.15, 0.2) is 18.3 Å². The van der Waals surface area contributed by atoms with Gasteiger partial charge in [0.25, 0.3) is 5.65 Å². The van der Waals surface area contributed by atoms with Crippen molar-refractivity contribution in [3.8, 4) is 11.3 Å². The summed E-state index contributed by atoms with van der Waals surface area (Å²) >= 11 is 0. The summed E-state index contributed by atoms with van der Waals surface area (Å²) in [6.45, 7) is 0.954. The van der Waals surface area contributed by atoms with E-state index in [1.54, 1.807) is 0 Å². The molecule has 4 heteroatoms. The normalized spacial score (nSPS) is 13.1. The molecule has 5 rings (SSSR count). The molecule has 0 amide bonds. The molecule has 3 aromatic heterocycles. The Morgan fingerprint density at radius 1 is 1.16 bits per heavy atom. The molecule has 0 aliphatic carbocycles. The predicted octanol–water partition coefficient (Wildman–Crippen LogP) is 1.90. The Labute approximate surface area is 109 Å². The van der Waals surface area contributed by atoms with Crippen LogP contribution < -0.4 is 4.40 Å². The molecule has 0 saturated carbocycles. The van der Waals surface area contributed by atoms with Gasteiger partial charge in [0.2, 0.25) is 0 Å². The molecule has 1 aliphatic rings. The zero-order chi connectivity index (χ0) is 12.4. The average molecular weight is 247 g/mol. The second-order valence-corrected chi connectivity index (χ2v) is 4.98. The van der Waals surface area contributed by atoms with E-state index < -0.39 is 0 Å². The van der Waals surface area contributed by atoms with E-state index in [1.165, 1.54) is 22.5 Å². The smallest absolute Gasteiger partial charge is 0.255 e. The van der Waals surface area contributed by atoms with Gasteiger partial charge < -0.3 is 0 Å². The highest BCUT2D eigenvalue weighted by molar-refractivity contribution is 5.79. The van der Waals surface area contributed by atoms with Gasteiger partial charge in [-0.1, -0.05) is 24.3 Å². The van der Waals surface area contributed by atoms with Gasteiger partial charge in [-0.05, 0) is 11.6 Å². The molecule has 0 unspecified atom stereocenters. The van der Waals surface area contributed by atoms with Crippen LogP contribution in [0.2, 0.25) is 0 Å². The van der Waals surface area contributed by atoms with E-state index >= 15 is 0 Å². The molecule has 0 radical (unpaired) electrons. The first-order chi connectivity index (χ1) is 9.42. The molecule has 4 nitrogen and oxygen atoms in total. The third-order valence-electron chi connectivity index (χ3n) is 3.91. The van der Waals surface area contributed by atoms with Crippen molar-refractivity contribution in [1.82, 2.24) is 14.0 Å². The van der Waals surface area contributed by atoms with E-state index in [9.17, 15) is 0 Å². The standard InChI is InChI=1S/C15H11N4/c1-2-4-13-11(3-1)7-17-10-18-8-12-5-6-16-9-19(12)15(18)14(13)17/h1-6,8-10H,7H2/q+1. The van der Waals surface area contributed by atoms with E-state index in [4.69, 9.17) is 0 Å². The molecule has 4 heterocycles. The van der Waals surface area contributed by atoms with Crippen molar-refractivity contribution in [2.24, 2.45) is 0 Å². The predicted molar refractivity (Wildman–Crippen MR) is 70.9 cm³/mol. The maximum atomic E-state index is 4.24. The topological polar surface area (TPSA) is 26.3 Å². The minimum atomic E-state index is 0.954. The molecule has 90 valence electrons. The Morgan fingerprint density at radius 3 is 3.11 bits per heavy atom. The van der Waals surface area contributed by atoms with Crippen molar-refractivity contribution in [3.63, 3.8) is 0 Å². The van der Waals surface area contributed by atoms with Crippen molar-refractivity contribution in [2.75, 3.05) is 0 Å². The number of nitrogens with zero attached hydrogens (tertiary/aromatic N) is 4. The summed E-state index contributed by atoms with van der Waals surface area (Å²) in [5.41, 5.74) is 6.35. The maximum Gasteiger partial charge on any atom is 0.279 e. The summed E-state index contributed by atoms with van der Waals surface area (Å²) < 4.78 is 6.63. The van der Waals surface area contributed by atoms with Gasteiger partial charge in [-0.3, -0.25) is 4.57 Å². The van der Waals surface area contributed by atoms with E-state index in [0.717, 1.165) is 12.1 Å².